The van der Waals surface area contributed by atoms with Crippen LogP contribution in [0, 0.1) is 0 Å². The average molecular weight is 264 g/mol. The number of hydrogen-bond donors (Lipinski definition) is 1. The van der Waals surface area contributed by atoms with Gasteiger partial charge in [-0.05, 0) is 23.7 Å². The molecule has 1 aromatic rings. The van der Waals surface area contributed by atoms with E-state index in [1.807, 2.05) is 0 Å². The van der Waals surface area contributed by atoms with Crippen LogP contribution in [0.25, 0.3) is 0 Å². The van der Waals surface area contributed by atoms with Gasteiger partial charge in [-0.25, -0.2) is 0 Å². The maximum Gasteiger partial charge on any atom is 0.125 e. The third kappa shape index (κ3) is 4.95. The van der Waals surface area contributed by atoms with Crippen molar-refractivity contribution in [1.82, 2.24) is 4.98 Å². The van der Waals surface area contributed by atoms with Crippen LogP contribution >= 0.6 is 0 Å². The maximum atomic E-state index is 3.99. The Labute approximate surface area is 114 Å². The van der Waals surface area contributed by atoms with Gasteiger partial charge in [0.15, 0.2) is 0 Å². The maximum absolute atomic E-state index is 3.99. The van der Waals surface area contributed by atoms with E-state index in [0.29, 0.717) is 0 Å². The predicted octanol–water partition coefficient (Wildman–Crippen LogP) is 4.95. The molecule has 0 heterocycles. The molecule has 1 rings (SSSR count). The van der Waals surface area contributed by atoms with Crippen LogP contribution in [0.15, 0.2) is 30.3 Å². The molecule has 102 valence electrons. The Kier molecular flexibility index (Phi) is 7.29. The van der Waals surface area contributed by atoms with Crippen LogP contribution in [0.3, 0.4) is 0 Å². The van der Waals surface area contributed by atoms with E-state index in [2.05, 4.69) is 56.1 Å². The van der Waals surface area contributed by atoms with Crippen molar-refractivity contribution in [1.29, 1.82) is 0 Å². The highest BCUT2D eigenvalue weighted by Gasteiger charge is 2.29. The van der Waals surface area contributed by atoms with Gasteiger partial charge < -0.3 is 4.98 Å². The van der Waals surface area contributed by atoms with Gasteiger partial charge in [-0.2, -0.15) is 0 Å². The minimum atomic E-state index is -1.23. The van der Waals surface area contributed by atoms with Gasteiger partial charge in [0.25, 0.3) is 0 Å². The van der Waals surface area contributed by atoms with Crippen molar-refractivity contribution < 1.29 is 0 Å². The van der Waals surface area contributed by atoms with E-state index < -0.39 is 8.24 Å². The minimum absolute atomic E-state index is 1.06. The predicted molar refractivity (Wildman–Crippen MR) is 84.3 cm³/mol. The molecule has 2 heteroatoms. The zero-order valence-corrected chi connectivity index (χ0v) is 13.3. The number of benzene rings is 1. The first-order chi connectivity index (χ1) is 8.76. The first kappa shape index (κ1) is 15.5. The first-order valence-electron chi connectivity index (χ1n) is 7.55. The molecule has 0 aliphatic carbocycles. The summed E-state index contributed by atoms with van der Waals surface area (Å²) >= 11 is 0. The molecule has 0 bridgehead atoms. The Morgan fingerprint density at radius 2 is 1.33 bits per heavy atom. The summed E-state index contributed by atoms with van der Waals surface area (Å²) in [6, 6.07) is 15.1. The number of hydrogen-bond acceptors (Lipinski definition) is 1. The third-order valence-corrected chi connectivity index (χ3v) is 8.99. The summed E-state index contributed by atoms with van der Waals surface area (Å²) < 4.78 is 0. The molecule has 1 nitrogen and oxygen atoms in total. The highest BCUT2D eigenvalue weighted by atomic mass is 28.3. The van der Waals surface area contributed by atoms with Gasteiger partial charge in [-0.15, -0.1) is 0 Å². The molecule has 0 aromatic heterocycles. The second kappa shape index (κ2) is 8.49. The Morgan fingerprint density at radius 3 is 1.78 bits per heavy atom. The average Bonchev–Trinajstić information content (AvgIpc) is 2.39. The van der Waals surface area contributed by atoms with Crippen molar-refractivity contribution >= 4 is 8.24 Å². The van der Waals surface area contributed by atoms with E-state index >= 15 is 0 Å². The van der Waals surface area contributed by atoms with Gasteiger partial charge in [0, 0.05) is 6.54 Å². The molecule has 0 aliphatic rings. The lowest BCUT2D eigenvalue weighted by molar-refractivity contribution is 0.810. The zero-order valence-electron chi connectivity index (χ0n) is 12.3. The fourth-order valence-electron chi connectivity index (χ4n) is 2.96. The summed E-state index contributed by atoms with van der Waals surface area (Å²) in [5.74, 6) is 0. The molecule has 0 aliphatic heterocycles. The first-order valence-corrected chi connectivity index (χ1v) is 10.2. The normalized spacial score (nSPS) is 11.7. The van der Waals surface area contributed by atoms with Crippen molar-refractivity contribution in [2.75, 3.05) is 0 Å². The van der Waals surface area contributed by atoms with Crippen molar-refractivity contribution in [2.24, 2.45) is 0 Å². The quantitative estimate of drug-likeness (QED) is 0.621. The smallest absolute Gasteiger partial charge is 0.125 e. The van der Waals surface area contributed by atoms with Crippen molar-refractivity contribution in [3.8, 4) is 0 Å². The van der Waals surface area contributed by atoms with Gasteiger partial charge in [0.1, 0.15) is 8.24 Å². The molecule has 1 N–H and O–H groups in total. The Bertz CT molecular complexity index is 293. The zero-order chi connectivity index (χ0) is 13.3. The van der Waals surface area contributed by atoms with Gasteiger partial charge in [0.2, 0.25) is 0 Å². The monoisotopic (exact) mass is 263 g/mol. The molecule has 0 amide bonds. The Hall–Kier alpha value is -0.603. The summed E-state index contributed by atoms with van der Waals surface area (Å²) in [5.41, 5.74) is 1.43. The van der Waals surface area contributed by atoms with Crippen LogP contribution in [-0.2, 0) is 6.54 Å². The Morgan fingerprint density at radius 1 is 0.833 bits per heavy atom. The van der Waals surface area contributed by atoms with Crippen molar-refractivity contribution in [2.45, 2.75) is 64.7 Å². The van der Waals surface area contributed by atoms with Gasteiger partial charge in [0.05, 0.1) is 0 Å². The van der Waals surface area contributed by atoms with E-state index in [0.717, 1.165) is 6.54 Å². The largest absolute Gasteiger partial charge is 0.333 e. The number of rotatable bonds is 9. The molecule has 0 fully saturated rings. The van der Waals surface area contributed by atoms with Gasteiger partial charge >= 0.3 is 0 Å². The fraction of sp³-hybridized carbons (Fsp3) is 0.625. The summed E-state index contributed by atoms with van der Waals surface area (Å²) in [6.45, 7) is 8.05. The minimum Gasteiger partial charge on any atom is -0.333 e. The molecular weight excluding hydrogens is 234 g/mol. The summed E-state index contributed by atoms with van der Waals surface area (Å²) in [6.07, 6.45) is 3.98. The van der Waals surface area contributed by atoms with Gasteiger partial charge in [-0.3, -0.25) is 0 Å². The van der Waals surface area contributed by atoms with Crippen molar-refractivity contribution in [3.05, 3.63) is 35.9 Å². The van der Waals surface area contributed by atoms with Crippen LogP contribution in [0.2, 0.25) is 18.1 Å². The lowest BCUT2D eigenvalue weighted by atomic mass is 10.2. The SMILES string of the molecule is CCC[Si](CCC)(CCC)NCc1ccccc1. The molecule has 18 heavy (non-hydrogen) atoms. The van der Waals surface area contributed by atoms with Crippen LogP contribution in [0.1, 0.15) is 45.6 Å². The molecule has 0 saturated carbocycles. The van der Waals surface area contributed by atoms with E-state index in [4.69, 9.17) is 0 Å². The highest BCUT2D eigenvalue weighted by molar-refractivity contribution is 6.77. The lowest BCUT2D eigenvalue weighted by Gasteiger charge is -2.32. The van der Waals surface area contributed by atoms with E-state index in [9.17, 15) is 0 Å². The van der Waals surface area contributed by atoms with Crippen LogP contribution in [-0.4, -0.2) is 8.24 Å². The van der Waals surface area contributed by atoms with Crippen LogP contribution < -0.4 is 4.98 Å². The van der Waals surface area contributed by atoms with E-state index in [-0.39, 0.29) is 0 Å². The molecule has 0 unspecified atom stereocenters. The van der Waals surface area contributed by atoms with E-state index in [1.54, 1.807) is 0 Å². The summed E-state index contributed by atoms with van der Waals surface area (Å²) in [7, 11) is -1.23. The molecule has 0 saturated heterocycles. The van der Waals surface area contributed by atoms with Gasteiger partial charge in [-0.1, -0.05) is 70.4 Å². The Balaban J connectivity index is 2.64. The summed E-state index contributed by atoms with van der Waals surface area (Å²) in [5, 5.41) is 0. The molecule has 1 aromatic carbocycles. The second-order valence-corrected chi connectivity index (χ2v) is 9.78. The highest BCUT2D eigenvalue weighted by Crippen LogP contribution is 2.23. The van der Waals surface area contributed by atoms with Crippen LogP contribution in [0.4, 0.5) is 0 Å². The van der Waals surface area contributed by atoms with E-state index in [1.165, 1.54) is 43.0 Å². The topological polar surface area (TPSA) is 12.0 Å². The summed E-state index contributed by atoms with van der Waals surface area (Å²) in [4.78, 5) is 3.99. The fourth-order valence-corrected chi connectivity index (χ4v) is 7.69. The van der Waals surface area contributed by atoms with Crippen LogP contribution in [0.5, 0.6) is 0 Å². The lowest BCUT2D eigenvalue weighted by Crippen LogP contribution is -2.49. The standard InChI is InChI=1S/C16H29NSi/c1-4-12-18(13-5-2,14-6-3)17-15-16-10-8-7-9-11-16/h7-11,17H,4-6,12-15H2,1-3H3. The van der Waals surface area contributed by atoms with Crippen molar-refractivity contribution in [3.63, 3.8) is 0 Å². The molecule has 0 spiro atoms. The molecular formula is C16H29NSi. The molecule has 0 atom stereocenters. The second-order valence-electron chi connectivity index (χ2n) is 5.37. The number of nitrogens with one attached hydrogen (secondary N) is 1. The molecule has 0 radical (unpaired) electrons. The third-order valence-electron chi connectivity index (χ3n) is 3.70.